The first-order valence-electron chi connectivity index (χ1n) is 4.39. The molecule has 1 N–H and O–H groups in total. The third-order valence-electron chi connectivity index (χ3n) is 1.64. The van der Waals surface area contributed by atoms with E-state index in [-0.39, 0.29) is 6.10 Å². The summed E-state index contributed by atoms with van der Waals surface area (Å²) >= 11 is 3.00. The van der Waals surface area contributed by atoms with Crippen LogP contribution in [0.4, 0.5) is 0 Å². The quantitative estimate of drug-likeness (QED) is 0.767. The molecule has 0 aliphatic carbocycles. The van der Waals surface area contributed by atoms with Crippen LogP contribution in [0.15, 0.2) is 4.34 Å². The standard InChI is InChI=1S/C8H14N2OS2/c1-3-6(11)5-12-8-9-7(4-2)10-13-8/h6,11H,3-5H2,1-2H3. The molecule has 13 heavy (non-hydrogen) atoms. The van der Waals surface area contributed by atoms with Crippen LogP contribution < -0.4 is 0 Å². The second-order valence-electron chi connectivity index (χ2n) is 2.70. The van der Waals surface area contributed by atoms with Gasteiger partial charge in [-0.2, -0.15) is 4.37 Å². The lowest BCUT2D eigenvalue weighted by Crippen LogP contribution is -2.06. The molecule has 0 amide bonds. The van der Waals surface area contributed by atoms with Gasteiger partial charge in [-0.05, 0) is 18.0 Å². The molecule has 1 atom stereocenters. The van der Waals surface area contributed by atoms with Crippen molar-refractivity contribution in [3.8, 4) is 0 Å². The smallest absolute Gasteiger partial charge is 0.170 e. The average Bonchev–Trinajstić information content (AvgIpc) is 2.61. The molecule has 5 heteroatoms. The highest BCUT2D eigenvalue weighted by atomic mass is 32.2. The molecule has 0 aromatic carbocycles. The molecule has 0 saturated carbocycles. The van der Waals surface area contributed by atoms with Gasteiger partial charge in [-0.25, -0.2) is 4.98 Å². The largest absolute Gasteiger partial charge is 0.392 e. The van der Waals surface area contributed by atoms with E-state index in [0.29, 0.717) is 0 Å². The number of rotatable bonds is 5. The number of hydrogen-bond acceptors (Lipinski definition) is 5. The van der Waals surface area contributed by atoms with E-state index in [0.717, 1.165) is 28.8 Å². The fourth-order valence-corrected chi connectivity index (χ4v) is 2.49. The van der Waals surface area contributed by atoms with E-state index in [1.54, 1.807) is 11.8 Å². The van der Waals surface area contributed by atoms with Crippen LogP contribution in [0.25, 0.3) is 0 Å². The van der Waals surface area contributed by atoms with Gasteiger partial charge in [-0.1, -0.05) is 25.6 Å². The highest BCUT2D eigenvalue weighted by Gasteiger charge is 2.06. The van der Waals surface area contributed by atoms with Gasteiger partial charge in [0.1, 0.15) is 5.82 Å². The summed E-state index contributed by atoms with van der Waals surface area (Å²) in [4.78, 5) is 4.29. The molecule has 3 nitrogen and oxygen atoms in total. The molecule has 0 spiro atoms. The zero-order valence-corrected chi connectivity index (χ0v) is 9.49. The lowest BCUT2D eigenvalue weighted by Gasteiger charge is -2.03. The molecule has 1 rings (SSSR count). The Morgan fingerprint density at radius 1 is 1.54 bits per heavy atom. The molecular formula is C8H14N2OS2. The summed E-state index contributed by atoms with van der Waals surface area (Å²) in [6, 6.07) is 0. The van der Waals surface area contributed by atoms with Crippen LogP contribution in [0.3, 0.4) is 0 Å². The van der Waals surface area contributed by atoms with Crippen LogP contribution in [0.1, 0.15) is 26.1 Å². The summed E-state index contributed by atoms with van der Waals surface area (Å²) in [6.07, 6.45) is 1.46. The first-order chi connectivity index (χ1) is 6.26. The molecule has 0 aliphatic heterocycles. The molecule has 0 aliphatic rings. The topological polar surface area (TPSA) is 46.0 Å². The Labute approximate surface area is 86.8 Å². The maximum Gasteiger partial charge on any atom is 0.170 e. The van der Waals surface area contributed by atoms with Gasteiger partial charge >= 0.3 is 0 Å². The van der Waals surface area contributed by atoms with Crippen molar-refractivity contribution in [2.24, 2.45) is 0 Å². The van der Waals surface area contributed by atoms with E-state index in [2.05, 4.69) is 9.36 Å². The Balaban J connectivity index is 2.36. The van der Waals surface area contributed by atoms with Gasteiger partial charge in [-0.3, -0.25) is 0 Å². The van der Waals surface area contributed by atoms with E-state index >= 15 is 0 Å². The Hall–Kier alpha value is -0.130. The summed E-state index contributed by atoms with van der Waals surface area (Å²) in [7, 11) is 0. The number of aromatic nitrogens is 2. The number of thioether (sulfide) groups is 1. The van der Waals surface area contributed by atoms with Crippen molar-refractivity contribution < 1.29 is 5.11 Å². The van der Waals surface area contributed by atoms with Gasteiger partial charge in [0.25, 0.3) is 0 Å². The van der Waals surface area contributed by atoms with Crippen LogP contribution in [0, 0.1) is 0 Å². The molecule has 1 aromatic heterocycles. The average molecular weight is 218 g/mol. The minimum atomic E-state index is -0.223. The van der Waals surface area contributed by atoms with Crippen molar-refractivity contribution in [2.75, 3.05) is 5.75 Å². The van der Waals surface area contributed by atoms with E-state index in [1.165, 1.54) is 11.5 Å². The summed E-state index contributed by atoms with van der Waals surface area (Å²) in [5.74, 6) is 1.62. The first kappa shape index (κ1) is 10.9. The van der Waals surface area contributed by atoms with Crippen LogP contribution in [0.5, 0.6) is 0 Å². The summed E-state index contributed by atoms with van der Waals surface area (Å²) < 4.78 is 5.13. The summed E-state index contributed by atoms with van der Waals surface area (Å²) in [5.41, 5.74) is 0. The number of aryl methyl sites for hydroxylation is 1. The maximum absolute atomic E-state index is 9.32. The zero-order valence-electron chi connectivity index (χ0n) is 7.86. The minimum Gasteiger partial charge on any atom is -0.392 e. The van der Waals surface area contributed by atoms with Crippen LogP contribution in [-0.2, 0) is 6.42 Å². The molecular weight excluding hydrogens is 204 g/mol. The Bertz CT molecular complexity index is 252. The molecule has 0 bridgehead atoms. The molecule has 0 saturated heterocycles. The Kier molecular flexibility index (Phi) is 4.69. The van der Waals surface area contributed by atoms with Crippen LogP contribution in [-0.4, -0.2) is 26.3 Å². The van der Waals surface area contributed by atoms with Gasteiger partial charge in [0.2, 0.25) is 0 Å². The SMILES string of the molecule is CCc1nsc(SCC(O)CC)n1. The molecule has 1 unspecified atom stereocenters. The normalized spacial score (nSPS) is 13.2. The lowest BCUT2D eigenvalue weighted by molar-refractivity contribution is 0.195. The van der Waals surface area contributed by atoms with Gasteiger partial charge in [0.05, 0.1) is 6.10 Å². The van der Waals surface area contributed by atoms with Gasteiger partial charge in [0, 0.05) is 12.2 Å². The number of hydrogen-bond donors (Lipinski definition) is 1. The van der Waals surface area contributed by atoms with E-state index in [9.17, 15) is 5.11 Å². The van der Waals surface area contributed by atoms with Crippen LogP contribution in [0.2, 0.25) is 0 Å². The summed E-state index contributed by atoms with van der Waals surface area (Å²) in [6.45, 7) is 4.01. The second-order valence-corrected chi connectivity index (χ2v) is 4.72. The van der Waals surface area contributed by atoms with Crippen molar-refractivity contribution >= 4 is 23.3 Å². The highest BCUT2D eigenvalue weighted by molar-refractivity contribution is 8.00. The second kappa shape index (κ2) is 5.57. The minimum absolute atomic E-state index is 0.223. The Morgan fingerprint density at radius 3 is 2.85 bits per heavy atom. The number of aliphatic hydroxyl groups is 1. The predicted molar refractivity (Wildman–Crippen MR) is 56.3 cm³/mol. The molecule has 74 valence electrons. The first-order valence-corrected chi connectivity index (χ1v) is 6.15. The number of nitrogens with zero attached hydrogens (tertiary/aromatic N) is 2. The van der Waals surface area contributed by atoms with Crippen molar-refractivity contribution in [2.45, 2.75) is 37.1 Å². The molecule has 0 fully saturated rings. The van der Waals surface area contributed by atoms with Gasteiger partial charge < -0.3 is 5.11 Å². The monoisotopic (exact) mass is 218 g/mol. The van der Waals surface area contributed by atoms with E-state index in [4.69, 9.17) is 0 Å². The molecule has 0 radical (unpaired) electrons. The van der Waals surface area contributed by atoms with Gasteiger partial charge in [0.15, 0.2) is 4.34 Å². The fourth-order valence-electron chi connectivity index (χ4n) is 0.725. The van der Waals surface area contributed by atoms with E-state index < -0.39 is 0 Å². The van der Waals surface area contributed by atoms with Crippen molar-refractivity contribution in [1.82, 2.24) is 9.36 Å². The number of aliphatic hydroxyl groups excluding tert-OH is 1. The third kappa shape index (κ3) is 3.62. The van der Waals surface area contributed by atoms with Crippen molar-refractivity contribution in [3.63, 3.8) is 0 Å². The predicted octanol–water partition coefficient (Wildman–Crippen LogP) is 1.96. The third-order valence-corrected chi connectivity index (χ3v) is 3.65. The molecule has 1 aromatic rings. The fraction of sp³-hybridized carbons (Fsp3) is 0.750. The van der Waals surface area contributed by atoms with Crippen LogP contribution >= 0.6 is 23.3 Å². The Morgan fingerprint density at radius 2 is 2.31 bits per heavy atom. The van der Waals surface area contributed by atoms with Crippen molar-refractivity contribution in [1.29, 1.82) is 0 Å². The lowest BCUT2D eigenvalue weighted by atomic mass is 10.3. The zero-order chi connectivity index (χ0) is 9.68. The van der Waals surface area contributed by atoms with Gasteiger partial charge in [-0.15, -0.1) is 0 Å². The van der Waals surface area contributed by atoms with Crippen molar-refractivity contribution in [3.05, 3.63) is 5.82 Å². The highest BCUT2D eigenvalue weighted by Crippen LogP contribution is 2.21. The maximum atomic E-state index is 9.32. The summed E-state index contributed by atoms with van der Waals surface area (Å²) in [5, 5.41) is 9.32. The molecule has 1 heterocycles. The van der Waals surface area contributed by atoms with E-state index in [1.807, 2.05) is 13.8 Å².